The van der Waals surface area contributed by atoms with Gasteiger partial charge in [0.1, 0.15) is 0 Å². The lowest BCUT2D eigenvalue weighted by molar-refractivity contribution is -0.127. The Morgan fingerprint density at radius 3 is 2.64 bits per heavy atom. The Morgan fingerprint density at radius 2 is 2.21 bits per heavy atom. The lowest BCUT2D eigenvalue weighted by atomic mass is 10.0. The molecule has 1 amide bonds. The highest BCUT2D eigenvalue weighted by Crippen LogP contribution is 2.09. The average Bonchev–Trinajstić information content (AvgIpc) is 2.19. The van der Waals surface area contributed by atoms with Gasteiger partial charge in [0.2, 0.25) is 5.91 Å². The minimum Gasteiger partial charge on any atom is -0.352 e. The first-order valence-corrected chi connectivity index (χ1v) is 4.87. The summed E-state index contributed by atoms with van der Waals surface area (Å²) in [6, 6.07) is 0. The normalized spacial score (nSPS) is 15.4. The first-order valence-electron chi connectivity index (χ1n) is 4.87. The summed E-state index contributed by atoms with van der Waals surface area (Å²) >= 11 is 0. The van der Waals surface area contributed by atoms with Crippen molar-refractivity contribution in [3.05, 3.63) is 12.2 Å². The van der Waals surface area contributed by atoms with E-state index in [-0.39, 0.29) is 5.91 Å². The third-order valence-electron chi connectivity index (χ3n) is 2.04. The van der Waals surface area contributed by atoms with Crippen LogP contribution in [0.2, 0.25) is 0 Å². The van der Waals surface area contributed by atoms with E-state index in [0.717, 1.165) is 0 Å². The molecule has 0 bridgehead atoms. The van der Waals surface area contributed by atoms with E-state index in [2.05, 4.69) is 10.6 Å². The van der Waals surface area contributed by atoms with Crippen LogP contribution in [-0.2, 0) is 4.79 Å². The summed E-state index contributed by atoms with van der Waals surface area (Å²) in [4.78, 5) is 11.4. The Balaban J connectivity index is 4.04. The van der Waals surface area contributed by atoms with Gasteiger partial charge in [-0.2, -0.15) is 0 Å². The molecule has 2 atom stereocenters. The molecule has 0 saturated carbocycles. The standard InChI is InChI=1S/C10H19FN2O/c1-4-6-7-13-10(14)8(5-2)9(11)12-3/h4,6,8-9,12H,5,7H2,1-3H3,(H,13,14)/b6-4+. The Hall–Kier alpha value is -0.900. The average molecular weight is 202 g/mol. The minimum atomic E-state index is -1.27. The van der Waals surface area contributed by atoms with Crippen molar-refractivity contribution < 1.29 is 9.18 Å². The highest BCUT2D eigenvalue weighted by atomic mass is 19.1. The number of hydrogen-bond donors (Lipinski definition) is 2. The second-order valence-electron chi connectivity index (χ2n) is 3.02. The predicted octanol–water partition coefficient (Wildman–Crippen LogP) is 1.22. The summed E-state index contributed by atoms with van der Waals surface area (Å²) in [7, 11) is 1.51. The van der Waals surface area contributed by atoms with E-state index in [4.69, 9.17) is 0 Å². The minimum absolute atomic E-state index is 0.243. The molecule has 2 unspecified atom stereocenters. The molecule has 0 saturated heterocycles. The summed E-state index contributed by atoms with van der Waals surface area (Å²) in [5.74, 6) is -0.849. The first kappa shape index (κ1) is 13.1. The fraction of sp³-hybridized carbons (Fsp3) is 0.700. The Morgan fingerprint density at radius 1 is 1.57 bits per heavy atom. The van der Waals surface area contributed by atoms with Gasteiger partial charge in [0, 0.05) is 6.54 Å². The molecule has 0 aromatic carbocycles. The summed E-state index contributed by atoms with van der Waals surface area (Å²) in [6.45, 7) is 4.13. The monoisotopic (exact) mass is 202 g/mol. The maximum absolute atomic E-state index is 13.2. The molecule has 0 aliphatic rings. The van der Waals surface area contributed by atoms with Crippen LogP contribution in [0, 0.1) is 5.92 Å². The zero-order chi connectivity index (χ0) is 11.0. The summed E-state index contributed by atoms with van der Waals surface area (Å²) in [5.41, 5.74) is 0. The highest BCUT2D eigenvalue weighted by Gasteiger charge is 2.24. The second-order valence-corrected chi connectivity index (χ2v) is 3.02. The van der Waals surface area contributed by atoms with Gasteiger partial charge in [0.05, 0.1) is 5.92 Å². The van der Waals surface area contributed by atoms with Crippen LogP contribution in [0.25, 0.3) is 0 Å². The van der Waals surface area contributed by atoms with Gasteiger partial charge in [-0.1, -0.05) is 19.1 Å². The van der Waals surface area contributed by atoms with Crippen molar-refractivity contribution in [2.75, 3.05) is 13.6 Å². The van der Waals surface area contributed by atoms with Crippen LogP contribution < -0.4 is 10.6 Å². The Labute approximate surface area is 84.8 Å². The number of amides is 1. The van der Waals surface area contributed by atoms with Gasteiger partial charge in [-0.3, -0.25) is 10.1 Å². The van der Waals surface area contributed by atoms with Gasteiger partial charge in [0.15, 0.2) is 6.30 Å². The van der Waals surface area contributed by atoms with Crippen LogP contribution in [0.5, 0.6) is 0 Å². The van der Waals surface area contributed by atoms with Crippen molar-refractivity contribution in [3.8, 4) is 0 Å². The summed E-state index contributed by atoms with van der Waals surface area (Å²) in [6.07, 6.45) is 2.87. The zero-order valence-corrected chi connectivity index (χ0v) is 9.01. The maximum Gasteiger partial charge on any atom is 0.227 e. The van der Waals surface area contributed by atoms with E-state index >= 15 is 0 Å². The number of allylic oxidation sites excluding steroid dienone is 1. The largest absolute Gasteiger partial charge is 0.352 e. The number of carbonyl (C=O) groups excluding carboxylic acids is 1. The number of nitrogens with one attached hydrogen (secondary N) is 2. The van der Waals surface area contributed by atoms with Crippen LogP contribution in [0.15, 0.2) is 12.2 Å². The van der Waals surface area contributed by atoms with Crippen molar-refractivity contribution in [2.45, 2.75) is 26.6 Å². The fourth-order valence-corrected chi connectivity index (χ4v) is 1.13. The quantitative estimate of drug-likeness (QED) is 0.502. The second kappa shape index (κ2) is 7.50. The molecule has 0 aromatic heterocycles. The number of carbonyl (C=O) groups is 1. The van der Waals surface area contributed by atoms with Crippen LogP contribution in [0.3, 0.4) is 0 Å². The molecule has 0 aliphatic carbocycles. The Bertz CT molecular complexity index is 195. The van der Waals surface area contributed by atoms with Crippen LogP contribution >= 0.6 is 0 Å². The van der Waals surface area contributed by atoms with Gasteiger partial charge in [-0.05, 0) is 20.4 Å². The maximum atomic E-state index is 13.2. The molecule has 0 spiro atoms. The Kier molecular flexibility index (Phi) is 7.02. The van der Waals surface area contributed by atoms with E-state index in [1.54, 1.807) is 6.92 Å². The molecule has 14 heavy (non-hydrogen) atoms. The first-order chi connectivity index (χ1) is 6.67. The van der Waals surface area contributed by atoms with Crippen molar-refractivity contribution in [1.29, 1.82) is 0 Å². The van der Waals surface area contributed by atoms with E-state index in [9.17, 15) is 9.18 Å². The van der Waals surface area contributed by atoms with Gasteiger partial charge in [0.25, 0.3) is 0 Å². The summed E-state index contributed by atoms with van der Waals surface area (Å²) < 4.78 is 13.2. The van der Waals surface area contributed by atoms with Gasteiger partial charge in [-0.25, -0.2) is 4.39 Å². The molecule has 0 aliphatic heterocycles. The van der Waals surface area contributed by atoms with Crippen molar-refractivity contribution in [3.63, 3.8) is 0 Å². The van der Waals surface area contributed by atoms with E-state index in [0.29, 0.717) is 13.0 Å². The highest BCUT2D eigenvalue weighted by molar-refractivity contribution is 5.79. The van der Waals surface area contributed by atoms with Crippen LogP contribution in [0.1, 0.15) is 20.3 Å². The lowest BCUT2D eigenvalue weighted by Crippen LogP contribution is -2.40. The third-order valence-corrected chi connectivity index (χ3v) is 2.04. The smallest absolute Gasteiger partial charge is 0.227 e. The van der Waals surface area contributed by atoms with E-state index in [1.165, 1.54) is 7.05 Å². The number of rotatable bonds is 6. The van der Waals surface area contributed by atoms with Crippen LogP contribution in [0.4, 0.5) is 4.39 Å². The lowest BCUT2D eigenvalue weighted by Gasteiger charge is -2.17. The van der Waals surface area contributed by atoms with Gasteiger partial charge in [-0.15, -0.1) is 0 Å². The molecule has 4 heteroatoms. The molecule has 2 N–H and O–H groups in total. The molecule has 82 valence electrons. The predicted molar refractivity (Wildman–Crippen MR) is 55.6 cm³/mol. The van der Waals surface area contributed by atoms with E-state index in [1.807, 2.05) is 19.1 Å². The summed E-state index contributed by atoms with van der Waals surface area (Å²) in [5, 5.41) is 5.09. The molecular weight excluding hydrogens is 183 g/mol. The van der Waals surface area contributed by atoms with Crippen molar-refractivity contribution >= 4 is 5.91 Å². The number of halogens is 1. The zero-order valence-electron chi connectivity index (χ0n) is 9.01. The number of alkyl halides is 1. The molecule has 0 radical (unpaired) electrons. The topological polar surface area (TPSA) is 41.1 Å². The molecule has 0 fully saturated rings. The van der Waals surface area contributed by atoms with Crippen molar-refractivity contribution in [1.82, 2.24) is 10.6 Å². The SMILES string of the molecule is C/C=C/CNC(=O)C(CC)C(F)NC. The van der Waals surface area contributed by atoms with Crippen molar-refractivity contribution in [2.24, 2.45) is 5.92 Å². The molecule has 0 aromatic rings. The third kappa shape index (κ3) is 4.37. The molecule has 0 heterocycles. The molecule has 3 nitrogen and oxygen atoms in total. The fourth-order valence-electron chi connectivity index (χ4n) is 1.13. The van der Waals surface area contributed by atoms with Gasteiger partial charge < -0.3 is 5.32 Å². The van der Waals surface area contributed by atoms with E-state index < -0.39 is 12.2 Å². The molecular formula is C10H19FN2O. The molecule has 0 rings (SSSR count). The van der Waals surface area contributed by atoms with Crippen LogP contribution in [-0.4, -0.2) is 25.8 Å². The number of hydrogen-bond acceptors (Lipinski definition) is 2. The van der Waals surface area contributed by atoms with Gasteiger partial charge >= 0.3 is 0 Å².